The Kier molecular flexibility index (Phi) is 3.35. The number of anilines is 1. The van der Waals surface area contributed by atoms with Crippen LogP contribution in [-0.4, -0.2) is 41.0 Å². The van der Waals surface area contributed by atoms with Crippen molar-refractivity contribution in [2.24, 2.45) is 5.84 Å². The van der Waals surface area contributed by atoms with Crippen molar-refractivity contribution in [1.82, 2.24) is 15.2 Å². The van der Waals surface area contributed by atoms with Gasteiger partial charge in [-0.1, -0.05) is 6.07 Å². The number of carbonyl (C=O) groups is 1. The number of pyridine rings is 1. The highest BCUT2D eigenvalue weighted by Crippen LogP contribution is 2.27. The maximum atomic E-state index is 12.2. The van der Waals surface area contributed by atoms with Gasteiger partial charge in [0, 0.05) is 18.6 Å². The number of carbonyl (C=O) groups excluding carboxylic acids is 1. The van der Waals surface area contributed by atoms with Gasteiger partial charge in [0.1, 0.15) is 11.5 Å². The summed E-state index contributed by atoms with van der Waals surface area (Å²) in [6.07, 6.45) is 3.45. The number of fused-ring (bicyclic) bond motifs is 1. The van der Waals surface area contributed by atoms with Gasteiger partial charge in [-0.25, -0.2) is 10.8 Å². The average Bonchev–Trinajstić information content (AvgIpc) is 3.04. The monoisotopic (exact) mass is 261 g/mol. The molecule has 1 aromatic rings. The zero-order valence-corrected chi connectivity index (χ0v) is 10.8. The van der Waals surface area contributed by atoms with Crippen LogP contribution in [-0.2, 0) is 0 Å². The fourth-order valence-electron chi connectivity index (χ4n) is 3.13. The molecule has 1 aromatic heterocycles. The fourth-order valence-corrected chi connectivity index (χ4v) is 3.13. The molecule has 3 heterocycles. The Hall–Kier alpha value is -1.66. The number of hydrazine groups is 1. The summed E-state index contributed by atoms with van der Waals surface area (Å²) < 4.78 is 0. The first kappa shape index (κ1) is 12.4. The highest BCUT2D eigenvalue weighted by Gasteiger charge is 2.37. The molecule has 0 aliphatic carbocycles. The number of nitrogens with two attached hydrogens (primary N) is 1. The number of rotatable bonds is 3. The first-order valence-electron chi connectivity index (χ1n) is 6.76. The molecule has 0 saturated carbocycles. The zero-order valence-electron chi connectivity index (χ0n) is 10.8. The van der Waals surface area contributed by atoms with E-state index in [0.29, 0.717) is 17.6 Å². The van der Waals surface area contributed by atoms with E-state index in [2.05, 4.69) is 20.6 Å². The topological polar surface area (TPSA) is 83.3 Å². The van der Waals surface area contributed by atoms with Gasteiger partial charge in [-0.2, -0.15) is 0 Å². The van der Waals surface area contributed by atoms with Gasteiger partial charge in [0.05, 0.1) is 0 Å². The summed E-state index contributed by atoms with van der Waals surface area (Å²) in [6.45, 7) is 2.26. The lowest BCUT2D eigenvalue weighted by Gasteiger charge is -2.21. The quantitative estimate of drug-likeness (QED) is 0.539. The summed E-state index contributed by atoms with van der Waals surface area (Å²) in [6, 6.07) is 5.97. The number of nitrogens with zero attached hydrogens (tertiary/aromatic N) is 2. The molecule has 0 spiro atoms. The molecular formula is C13H19N5O. The molecule has 2 atom stereocenters. The fraction of sp³-hybridized carbons (Fsp3) is 0.538. The van der Waals surface area contributed by atoms with Gasteiger partial charge in [0.2, 0.25) is 0 Å². The van der Waals surface area contributed by atoms with E-state index in [0.717, 1.165) is 13.0 Å². The minimum Gasteiger partial charge on any atom is -0.346 e. The van der Waals surface area contributed by atoms with Gasteiger partial charge in [0.15, 0.2) is 0 Å². The standard InChI is InChI=1S/C13H19N5O/c14-17-12-5-1-3-10(15-12)13(19)16-9-6-8-18-7-2-4-11(9)18/h1,3,5,9,11H,2,4,6-8,14H2,(H,15,17)(H,16,19). The van der Waals surface area contributed by atoms with E-state index in [1.807, 2.05) is 0 Å². The molecule has 0 bridgehead atoms. The molecule has 3 rings (SSSR count). The van der Waals surface area contributed by atoms with E-state index in [1.54, 1.807) is 18.2 Å². The molecule has 0 aromatic carbocycles. The van der Waals surface area contributed by atoms with Gasteiger partial charge in [-0.15, -0.1) is 0 Å². The van der Waals surface area contributed by atoms with Crippen LogP contribution < -0.4 is 16.6 Å². The van der Waals surface area contributed by atoms with Crippen LogP contribution in [0.1, 0.15) is 29.8 Å². The molecule has 2 aliphatic heterocycles. The lowest BCUT2D eigenvalue weighted by Crippen LogP contribution is -2.42. The summed E-state index contributed by atoms with van der Waals surface area (Å²) >= 11 is 0. The molecule has 2 saturated heterocycles. The minimum absolute atomic E-state index is 0.115. The predicted octanol–water partition coefficient (Wildman–Crippen LogP) is 0.334. The third kappa shape index (κ3) is 2.41. The third-order valence-corrected chi connectivity index (χ3v) is 4.05. The number of amides is 1. The van der Waals surface area contributed by atoms with Crippen molar-refractivity contribution < 1.29 is 4.79 Å². The first-order valence-corrected chi connectivity index (χ1v) is 6.76. The Morgan fingerprint density at radius 3 is 3.11 bits per heavy atom. The molecule has 1 amide bonds. The van der Waals surface area contributed by atoms with Crippen LogP contribution in [0.3, 0.4) is 0 Å². The number of hydrogen-bond acceptors (Lipinski definition) is 5. The van der Waals surface area contributed by atoms with Crippen molar-refractivity contribution in [3.8, 4) is 0 Å². The van der Waals surface area contributed by atoms with Crippen molar-refractivity contribution in [2.75, 3.05) is 18.5 Å². The largest absolute Gasteiger partial charge is 0.346 e. The third-order valence-electron chi connectivity index (χ3n) is 4.05. The van der Waals surface area contributed by atoms with Crippen LogP contribution in [0.15, 0.2) is 18.2 Å². The highest BCUT2D eigenvalue weighted by molar-refractivity contribution is 5.92. The molecule has 19 heavy (non-hydrogen) atoms. The summed E-state index contributed by atoms with van der Waals surface area (Å²) in [5, 5.41) is 3.11. The van der Waals surface area contributed by atoms with Crippen molar-refractivity contribution in [3.05, 3.63) is 23.9 Å². The van der Waals surface area contributed by atoms with Gasteiger partial charge in [-0.3, -0.25) is 9.69 Å². The van der Waals surface area contributed by atoms with Gasteiger partial charge < -0.3 is 10.7 Å². The van der Waals surface area contributed by atoms with Gasteiger partial charge >= 0.3 is 0 Å². The van der Waals surface area contributed by atoms with Crippen molar-refractivity contribution in [3.63, 3.8) is 0 Å². The minimum atomic E-state index is -0.115. The maximum Gasteiger partial charge on any atom is 0.270 e. The van der Waals surface area contributed by atoms with Crippen LogP contribution in [0.2, 0.25) is 0 Å². The lowest BCUT2D eigenvalue weighted by molar-refractivity contribution is 0.0924. The molecule has 6 nitrogen and oxygen atoms in total. The second-order valence-electron chi connectivity index (χ2n) is 5.17. The van der Waals surface area contributed by atoms with Crippen molar-refractivity contribution in [2.45, 2.75) is 31.3 Å². The molecule has 2 unspecified atom stereocenters. The molecule has 0 radical (unpaired) electrons. The predicted molar refractivity (Wildman–Crippen MR) is 72.5 cm³/mol. The van der Waals surface area contributed by atoms with Crippen LogP contribution in [0, 0.1) is 0 Å². The molecule has 4 N–H and O–H groups in total. The van der Waals surface area contributed by atoms with E-state index in [1.165, 1.54) is 19.4 Å². The number of hydrogen-bond donors (Lipinski definition) is 3. The average molecular weight is 261 g/mol. The molecule has 2 aliphatic rings. The van der Waals surface area contributed by atoms with Crippen LogP contribution >= 0.6 is 0 Å². The maximum absolute atomic E-state index is 12.2. The molecular weight excluding hydrogens is 242 g/mol. The van der Waals surface area contributed by atoms with E-state index in [-0.39, 0.29) is 11.9 Å². The summed E-state index contributed by atoms with van der Waals surface area (Å²) in [5.74, 6) is 5.69. The van der Waals surface area contributed by atoms with E-state index < -0.39 is 0 Å². The normalized spacial score (nSPS) is 26.2. The second kappa shape index (κ2) is 5.14. The summed E-state index contributed by atoms with van der Waals surface area (Å²) in [5.41, 5.74) is 2.86. The zero-order chi connectivity index (χ0) is 13.2. The first-order chi connectivity index (χ1) is 9.28. The van der Waals surface area contributed by atoms with Crippen LogP contribution in [0.25, 0.3) is 0 Å². The SMILES string of the molecule is NNc1cccc(C(=O)NC2CCN3CCCC23)n1. The lowest BCUT2D eigenvalue weighted by atomic mass is 10.1. The van der Waals surface area contributed by atoms with E-state index >= 15 is 0 Å². The molecule has 2 fully saturated rings. The summed E-state index contributed by atoms with van der Waals surface area (Å²) in [7, 11) is 0. The number of nitrogen functional groups attached to an aromatic ring is 1. The molecule has 102 valence electrons. The Balaban J connectivity index is 1.67. The molecule has 6 heteroatoms. The van der Waals surface area contributed by atoms with E-state index in [9.17, 15) is 4.79 Å². The van der Waals surface area contributed by atoms with Crippen LogP contribution in [0.5, 0.6) is 0 Å². The van der Waals surface area contributed by atoms with Crippen molar-refractivity contribution in [1.29, 1.82) is 0 Å². The van der Waals surface area contributed by atoms with Gasteiger partial charge in [-0.05, 0) is 37.9 Å². The van der Waals surface area contributed by atoms with Crippen LogP contribution in [0.4, 0.5) is 5.82 Å². The smallest absolute Gasteiger partial charge is 0.270 e. The van der Waals surface area contributed by atoms with E-state index in [4.69, 9.17) is 5.84 Å². The Morgan fingerprint density at radius 1 is 1.37 bits per heavy atom. The summed E-state index contributed by atoms with van der Waals surface area (Å²) in [4.78, 5) is 18.8. The Labute approximate surface area is 112 Å². The Bertz CT molecular complexity index is 478. The number of nitrogens with one attached hydrogen (secondary N) is 2. The van der Waals surface area contributed by atoms with Crippen molar-refractivity contribution >= 4 is 11.7 Å². The second-order valence-corrected chi connectivity index (χ2v) is 5.17. The number of aromatic nitrogens is 1. The highest BCUT2D eigenvalue weighted by atomic mass is 16.2. The van der Waals surface area contributed by atoms with Gasteiger partial charge in [0.25, 0.3) is 5.91 Å². The Morgan fingerprint density at radius 2 is 2.26 bits per heavy atom.